The van der Waals surface area contributed by atoms with E-state index < -0.39 is 36.9 Å². The van der Waals surface area contributed by atoms with E-state index in [4.69, 9.17) is 5.11 Å². The highest BCUT2D eigenvalue weighted by Crippen LogP contribution is 2.15. The summed E-state index contributed by atoms with van der Waals surface area (Å²) in [5, 5.41) is 10.7. The fourth-order valence-corrected chi connectivity index (χ4v) is 1.30. The quantitative estimate of drug-likeness (QED) is 0.744. The number of ether oxygens (including phenoxy) is 2. The number of carbonyl (C=O) groups excluding carboxylic acids is 2. The van der Waals surface area contributed by atoms with Gasteiger partial charge in [-0.2, -0.15) is 0 Å². The Morgan fingerprint density at radius 1 is 1.30 bits per heavy atom. The molecule has 7 nitrogen and oxygen atoms in total. The number of methoxy groups -OCH3 is 1. The number of benzene rings is 1. The topological polar surface area (TPSA) is 102 Å². The molecular weight excluding hydrogens is 273 g/mol. The Morgan fingerprint density at radius 3 is 2.60 bits per heavy atom. The Balaban J connectivity index is 2.66. The lowest BCUT2D eigenvalue weighted by Gasteiger charge is -2.07. The summed E-state index contributed by atoms with van der Waals surface area (Å²) in [5.41, 5.74) is -0.160. The number of esters is 1. The van der Waals surface area contributed by atoms with Crippen LogP contribution in [0.4, 0.5) is 10.1 Å². The van der Waals surface area contributed by atoms with Crippen molar-refractivity contribution in [1.82, 2.24) is 0 Å². The molecular formula is C12H12FNO6. The van der Waals surface area contributed by atoms with Gasteiger partial charge in [-0.05, 0) is 18.2 Å². The van der Waals surface area contributed by atoms with Crippen molar-refractivity contribution in [2.24, 2.45) is 0 Å². The van der Waals surface area contributed by atoms with Gasteiger partial charge in [0.25, 0.3) is 0 Å². The average molecular weight is 285 g/mol. The van der Waals surface area contributed by atoms with Crippen molar-refractivity contribution < 1.29 is 33.4 Å². The van der Waals surface area contributed by atoms with E-state index >= 15 is 0 Å². The van der Waals surface area contributed by atoms with Crippen molar-refractivity contribution in [2.45, 2.75) is 0 Å². The van der Waals surface area contributed by atoms with Crippen LogP contribution >= 0.6 is 0 Å². The molecule has 0 spiro atoms. The normalized spacial score (nSPS) is 9.90. The van der Waals surface area contributed by atoms with Crippen LogP contribution in [0.5, 0.6) is 0 Å². The standard InChI is InChI=1S/C12H12FNO6/c1-19-12(18)8-4-7(2-3-9(8)13)14-10(15)5-20-6-11(16)17/h2-4H,5-6H2,1H3,(H,14,15)(H,16,17). The zero-order valence-electron chi connectivity index (χ0n) is 10.5. The van der Waals surface area contributed by atoms with Crippen LogP contribution in [-0.2, 0) is 19.1 Å². The van der Waals surface area contributed by atoms with Crippen LogP contribution in [0.2, 0.25) is 0 Å². The molecule has 2 N–H and O–H groups in total. The molecule has 0 aliphatic heterocycles. The number of hydrogen-bond acceptors (Lipinski definition) is 5. The summed E-state index contributed by atoms with van der Waals surface area (Å²) >= 11 is 0. The molecule has 20 heavy (non-hydrogen) atoms. The second kappa shape index (κ2) is 7.19. The predicted molar refractivity (Wildman–Crippen MR) is 64.8 cm³/mol. The van der Waals surface area contributed by atoms with Crippen LogP contribution in [-0.4, -0.2) is 43.3 Å². The maximum absolute atomic E-state index is 13.3. The minimum atomic E-state index is -1.20. The smallest absolute Gasteiger partial charge is 0.340 e. The Bertz CT molecular complexity index is 531. The van der Waals surface area contributed by atoms with Gasteiger partial charge >= 0.3 is 11.9 Å². The third-order valence-corrected chi connectivity index (χ3v) is 2.11. The van der Waals surface area contributed by atoms with Gasteiger partial charge in [0.15, 0.2) is 0 Å². The summed E-state index contributed by atoms with van der Waals surface area (Å²) in [6, 6.07) is 3.35. The second-order valence-electron chi connectivity index (χ2n) is 3.62. The van der Waals surface area contributed by atoms with E-state index in [2.05, 4.69) is 14.8 Å². The van der Waals surface area contributed by atoms with E-state index in [1.807, 2.05) is 0 Å². The molecule has 0 heterocycles. The van der Waals surface area contributed by atoms with Crippen LogP contribution in [0.15, 0.2) is 18.2 Å². The molecule has 0 aliphatic rings. The first kappa shape index (κ1) is 15.6. The predicted octanol–water partition coefficient (Wildman–Crippen LogP) is 0.652. The molecule has 0 bridgehead atoms. The number of carboxylic acids is 1. The van der Waals surface area contributed by atoms with Crippen LogP contribution in [0.25, 0.3) is 0 Å². The molecule has 8 heteroatoms. The first-order valence-corrected chi connectivity index (χ1v) is 5.41. The van der Waals surface area contributed by atoms with E-state index in [-0.39, 0.29) is 11.3 Å². The van der Waals surface area contributed by atoms with Gasteiger partial charge in [0.1, 0.15) is 19.0 Å². The molecule has 108 valence electrons. The van der Waals surface area contributed by atoms with Crippen LogP contribution in [0.3, 0.4) is 0 Å². The van der Waals surface area contributed by atoms with E-state index in [0.29, 0.717) is 0 Å². The molecule has 0 radical (unpaired) electrons. The number of aliphatic carboxylic acids is 1. The third kappa shape index (κ3) is 4.65. The fourth-order valence-electron chi connectivity index (χ4n) is 1.30. The Hall–Kier alpha value is -2.48. The summed E-state index contributed by atoms with van der Waals surface area (Å²) in [5.74, 6) is -3.49. The first-order chi connectivity index (χ1) is 9.43. The minimum absolute atomic E-state index is 0.163. The molecule has 0 atom stereocenters. The summed E-state index contributed by atoms with van der Waals surface area (Å²) in [6.45, 7) is -1.08. The maximum Gasteiger partial charge on any atom is 0.340 e. The number of carbonyl (C=O) groups is 3. The minimum Gasteiger partial charge on any atom is -0.480 e. The molecule has 0 unspecified atom stereocenters. The van der Waals surface area contributed by atoms with Crippen LogP contribution in [0.1, 0.15) is 10.4 Å². The van der Waals surface area contributed by atoms with E-state index in [9.17, 15) is 18.8 Å². The lowest BCUT2D eigenvalue weighted by Crippen LogP contribution is -2.21. The van der Waals surface area contributed by atoms with Gasteiger partial charge in [0.2, 0.25) is 5.91 Å². The highest BCUT2D eigenvalue weighted by molar-refractivity contribution is 5.95. The van der Waals surface area contributed by atoms with Gasteiger partial charge in [0, 0.05) is 5.69 Å². The zero-order chi connectivity index (χ0) is 15.1. The highest BCUT2D eigenvalue weighted by atomic mass is 19.1. The van der Waals surface area contributed by atoms with Crippen molar-refractivity contribution in [2.75, 3.05) is 25.6 Å². The average Bonchev–Trinajstić information content (AvgIpc) is 2.39. The number of hydrogen-bond donors (Lipinski definition) is 2. The molecule has 0 fully saturated rings. The van der Waals surface area contributed by atoms with Crippen molar-refractivity contribution in [3.63, 3.8) is 0 Å². The Morgan fingerprint density at radius 2 is 2.00 bits per heavy atom. The number of amides is 1. The molecule has 0 aliphatic carbocycles. The summed E-state index contributed by atoms with van der Waals surface area (Å²) < 4.78 is 22.3. The fraction of sp³-hybridized carbons (Fsp3) is 0.250. The second-order valence-corrected chi connectivity index (χ2v) is 3.62. The summed E-state index contributed by atoms with van der Waals surface area (Å²) in [7, 11) is 1.10. The first-order valence-electron chi connectivity index (χ1n) is 5.41. The third-order valence-electron chi connectivity index (χ3n) is 2.11. The molecule has 1 aromatic carbocycles. The highest BCUT2D eigenvalue weighted by Gasteiger charge is 2.13. The van der Waals surface area contributed by atoms with Gasteiger partial charge in [-0.1, -0.05) is 0 Å². The van der Waals surface area contributed by atoms with E-state index in [0.717, 1.165) is 19.2 Å². The van der Waals surface area contributed by atoms with Gasteiger partial charge in [-0.3, -0.25) is 4.79 Å². The lowest BCUT2D eigenvalue weighted by atomic mass is 10.2. The zero-order valence-corrected chi connectivity index (χ0v) is 10.5. The van der Waals surface area contributed by atoms with Crippen molar-refractivity contribution in [1.29, 1.82) is 0 Å². The SMILES string of the molecule is COC(=O)c1cc(NC(=O)COCC(=O)O)ccc1F. The molecule has 0 saturated heterocycles. The van der Waals surface area contributed by atoms with Gasteiger partial charge in [-0.25, -0.2) is 14.0 Å². The number of nitrogens with one attached hydrogen (secondary N) is 1. The van der Waals surface area contributed by atoms with Crippen molar-refractivity contribution >= 4 is 23.5 Å². The van der Waals surface area contributed by atoms with Crippen molar-refractivity contribution in [3.8, 4) is 0 Å². The number of rotatable bonds is 6. The maximum atomic E-state index is 13.3. The van der Waals surface area contributed by atoms with Crippen molar-refractivity contribution in [3.05, 3.63) is 29.6 Å². The van der Waals surface area contributed by atoms with Crippen LogP contribution < -0.4 is 5.32 Å². The summed E-state index contributed by atoms with van der Waals surface area (Å²) in [4.78, 5) is 32.8. The van der Waals surface area contributed by atoms with Gasteiger partial charge in [0.05, 0.1) is 12.7 Å². The van der Waals surface area contributed by atoms with E-state index in [1.54, 1.807) is 0 Å². The van der Waals surface area contributed by atoms with Gasteiger partial charge in [-0.15, -0.1) is 0 Å². The van der Waals surface area contributed by atoms with Gasteiger partial charge < -0.3 is 19.9 Å². The monoisotopic (exact) mass is 285 g/mol. The molecule has 0 aromatic heterocycles. The summed E-state index contributed by atoms with van der Waals surface area (Å²) in [6.07, 6.45) is 0. The van der Waals surface area contributed by atoms with Crippen LogP contribution in [0, 0.1) is 5.82 Å². The molecule has 0 saturated carbocycles. The molecule has 1 amide bonds. The Labute approximate surface area is 113 Å². The van der Waals surface area contributed by atoms with E-state index in [1.165, 1.54) is 6.07 Å². The number of carboxylic acid groups (broad SMARTS) is 1. The molecule has 1 rings (SSSR count). The number of anilines is 1. The lowest BCUT2D eigenvalue weighted by molar-refractivity contribution is -0.143. The number of halogens is 1. The Kier molecular flexibility index (Phi) is 5.60. The largest absolute Gasteiger partial charge is 0.480 e. The molecule has 1 aromatic rings.